The summed E-state index contributed by atoms with van der Waals surface area (Å²) in [6, 6.07) is 8.01. The number of hydrogen-bond donors (Lipinski definition) is 0. The van der Waals surface area contributed by atoms with Gasteiger partial charge in [0.05, 0.1) is 57.8 Å². The van der Waals surface area contributed by atoms with Crippen molar-refractivity contribution in [2.75, 3.05) is 65.3 Å². The topological polar surface area (TPSA) is 80.3 Å². The quantitative estimate of drug-likeness (QED) is 0.170. The van der Waals surface area contributed by atoms with Crippen molar-refractivity contribution in [1.29, 1.82) is 0 Å². The van der Waals surface area contributed by atoms with E-state index < -0.39 is 10.1 Å². The van der Waals surface area contributed by atoms with E-state index in [9.17, 15) is 8.42 Å². The number of halogens is 1. The van der Waals surface area contributed by atoms with Crippen LogP contribution in [0.4, 0.5) is 0 Å². The second-order valence-electron chi connectivity index (χ2n) is 6.14. The standard InChI is InChI=1S/C20H33ClO7S/c21-10-6-1-2-7-11-24-12-13-25-14-15-26-16-17-27-18-19-28-29(22,23)20-8-4-3-5-9-20/h3-5,8-9H,1-2,6-7,10-19H2. The molecule has 0 N–H and O–H groups in total. The first-order valence-electron chi connectivity index (χ1n) is 9.98. The van der Waals surface area contributed by atoms with E-state index in [0.29, 0.717) is 39.6 Å². The molecule has 1 aromatic rings. The predicted molar refractivity (Wildman–Crippen MR) is 112 cm³/mol. The maximum atomic E-state index is 11.9. The third-order valence-corrected chi connectivity index (χ3v) is 5.38. The van der Waals surface area contributed by atoms with Gasteiger partial charge in [0.25, 0.3) is 10.1 Å². The second kappa shape index (κ2) is 18.1. The molecule has 0 fully saturated rings. The van der Waals surface area contributed by atoms with Crippen molar-refractivity contribution in [3.63, 3.8) is 0 Å². The Hall–Kier alpha value is -0.740. The lowest BCUT2D eigenvalue weighted by molar-refractivity contribution is -0.00468. The maximum absolute atomic E-state index is 11.9. The Morgan fingerprint density at radius 1 is 0.621 bits per heavy atom. The molecule has 168 valence electrons. The Balaban J connectivity index is 1.80. The van der Waals surface area contributed by atoms with Crippen LogP contribution in [-0.4, -0.2) is 73.8 Å². The summed E-state index contributed by atoms with van der Waals surface area (Å²) in [6.45, 7) is 3.78. The van der Waals surface area contributed by atoms with Gasteiger partial charge < -0.3 is 18.9 Å². The molecule has 0 aliphatic rings. The van der Waals surface area contributed by atoms with Crippen LogP contribution in [-0.2, 0) is 33.2 Å². The first kappa shape index (κ1) is 26.3. The molecule has 0 bridgehead atoms. The van der Waals surface area contributed by atoms with E-state index in [1.807, 2.05) is 0 Å². The molecule has 0 aliphatic heterocycles. The van der Waals surface area contributed by atoms with Gasteiger partial charge in [0.1, 0.15) is 0 Å². The summed E-state index contributed by atoms with van der Waals surface area (Å²) in [5.41, 5.74) is 0. The molecule has 0 saturated heterocycles. The number of ether oxygens (including phenoxy) is 4. The SMILES string of the molecule is O=S(=O)(OCCOCCOCCOCCOCCCCCCCl)c1ccccc1. The number of unbranched alkanes of at least 4 members (excludes halogenated alkanes) is 3. The fourth-order valence-electron chi connectivity index (χ4n) is 2.27. The third-order valence-electron chi connectivity index (χ3n) is 3.79. The van der Waals surface area contributed by atoms with Gasteiger partial charge in [-0.3, -0.25) is 4.18 Å². The molecule has 1 rings (SSSR count). The van der Waals surface area contributed by atoms with Crippen molar-refractivity contribution in [2.45, 2.75) is 30.6 Å². The Morgan fingerprint density at radius 2 is 1.10 bits per heavy atom. The molecule has 0 aliphatic carbocycles. The molecule has 1 aromatic carbocycles. The monoisotopic (exact) mass is 452 g/mol. The summed E-state index contributed by atoms with van der Waals surface area (Å²) in [7, 11) is -3.72. The normalized spacial score (nSPS) is 11.8. The molecular weight excluding hydrogens is 420 g/mol. The van der Waals surface area contributed by atoms with Crippen LogP contribution in [0.25, 0.3) is 0 Å². The zero-order chi connectivity index (χ0) is 21.0. The predicted octanol–water partition coefficient (Wildman–Crippen LogP) is 3.26. The smallest absolute Gasteiger partial charge is 0.297 e. The van der Waals surface area contributed by atoms with Gasteiger partial charge in [-0.2, -0.15) is 8.42 Å². The van der Waals surface area contributed by atoms with E-state index in [1.165, 1.54) is 12.1 Å². The van der Waals surface area contributed by atoms with Crippen LogP contribution in [0.3, 0.4) is 0 Å². The van der Waals surface area contributed by atoms with Gasteiger partial charge in [0.2, 0.25) is 0 Å². The summed E-state index contributed by atoms with van der Waals surface area (Å²) in [4.78, 5) is 0.135. The van der Waals surface area contributed by atoms with E-state index in [-0.39, 0.29) is 18.1 Å². The number of hydrogen-bond acceptors (Lipinski definition) is 7. The van der Waals surface area contributed by atoms with E-state index in [4.69, 9.17) is 34.7 Å². The van der Waals surface area contributed by atoms with Gasteiger partial charge in [-0.25, -0.2) is 0 Å². The number of rotatable bonds is 20. The molecule has 0 spiro atoms. The van der Waals surface area contributed by atoms with Crippen molar-refractivity contribution in [3.05, 3.63) is 30.3 Å². The molecule has 9 heteroatoms. The highest BCUT2D eigenvalue weighted by atomic mass is 35.5. The fourth-order valence-corrected chi connectivity index (χ4v) is 3.37. The van der Waals surface area contributed by atoms with Crippen LogP contribution >= 0.6 is 11.6 Å². The minimum Gasteiger partial charge on any atom is -0.379 e. The van der Waals surface area contributed by atoms with E-state index in [1.54, 1.807) is 18.2 Å². The Morgan fingerprint density at radius 3 is 1.66 bits per heavy atom. The molecule has 0 radical (unpaired) electrons. The van der Waals surface area contributed by atoms with Crippen LogP contribution in [0.1, 0.15) is 25.7 Å². The molecule has 29 heavy (non-hydrogen) atoms. The summed E-state index contributed by atoms with van der Waals surface area (Å²) in [5.74, 6) is 0.733. The zero-order valence-electron chi connectivity index (χ0n) is 16.9. The van der Waals surface area contributed by atoms with Gasteiger partial charge in [0, 0.05) is 12.5 Å². The van der Waals surface area contributed by atoms with Crippen LogP contribution in [0.15, 0.2) is 35.2 Å². The molecule has 0 aromatic heterocycles. The van der Waals surface area contributed by atoms with Gasteiger partial charge >= 0.3 is 0 Å². The van der Waals surface area contributed by atoms with Crippen molar-refractivity contribution in [3.8, 4) is 0 Å². The lowest BCUT2D eigenvalue weighted by Crippen LogP contribution is -2.15. The third kappa shape index (κ3) is 14.8. The van der Waals surface area contributed by atoms with Gasteiger partial charge in [-0.1, -0.05) is 31.0 Å². The lowest BCUT2D eigenvalue weighted by Gasteiger charge is -2.08. The first-order chi connectivity index (χ1) is 14.2. The van der Waals surface area contributed by atoms with Crippen LogP contribution in [0.5, 0.6) is 0 Å². The van der Waals surface area contributed by atoms with Gasteiger partial charge in [-0.15, -0.1) is 11.6 Å². The summed E-state index contributed by atoms with van der Waals surface area (Å²) >= 11 is 5.62. The molecule has 0 unspecified atom stereocenters. The second-order valence-corrected chi connectivity index (χ2v) is 8.14. The van der Waals surface area contributed by atoms with Crippen molar-refractivity contribution < 1.29 is 31.5 Å². The molecular formula is C20H33ClO7S. The average molecular weight is 453 g/mol. The molecule has 0 atom stereocenters. The highest BCUT2D eigenvalue weighted by Crippen LogP contribution is 2.10. The molecule has 0 saturated carbocycles. The van der Waals surface area contributed by atoms with Crippen molar-refractivity contribution in [2.24, 2.45) is 0 Å². The lowest BCUT2D eigenvalue weighted by atomic mass is 10.2. The molecule has 0 heterocycles. The Bertz CT molecular complexity index is 584. The Labute approximate surface area is 179 Å². The summed E-state index contributed by atoms with van der Waals surface area (Å²) < 4.78 is 50.2. The minimum absolute atomic E-state index is 0.0347. The first-order valence-corrected chi connectivity index (χ1v) is 11.9. The maximum Gasteiger partial charge on any atom is 0.297 e. The van der Waals surface area contributed by atoms with Crippen molar-refractivity contribution >= 4 is 21.7 Å². The van der Waals surface area contributed by atoms with E-state index >= 15 is 0 Å². The highest BCUT2D eigenvalue weighted by Gasteiger charge is 2.13. The fraction of sp³-hybridized carbons (Fsp3) is 0.700. The summed E-state index contributed by atoms with van der Waals surface area (Å²) in [6.07, 6.45) is 4.44. The Kier molecular flexibility index (Phi) is 16.4. The van der Waals surface area contributed by atoms with Crippen LogP contribution < -0.4 is 0 Å². The van der Waals surface area contributed by atoms with Crippen LogP contribution in [0, 0.1) is 0 Å². The number of benzene rings is 1. The largest absolute Gasteiger partial charge is 0.379 e. The van der Waals surface area contributed by atoms with Crippen molar-refractivity contribution in [1.82, 2.24) is 0 Å². The van der Waals surface area contributed by atoms with Crippen LogP contribution in [0.2, 0.25) is 0 Å². The summed E-state index contributed by atoms with van der Waals surface area (Å²) in [5, 5.41) is 0. The van der Waals surface area contributed by atoms with E-state index in [2.05, 4.69) is 0 Å². The average Bonchev–Trinajstić information content (AvgIpc) is 2.73. The van der Waals surface area contributed by atoms with Gasteiger partial charge in [-0.05, 0) is 25.0 Å². The number of alkyl halides is 1. The molecule has 0 amide bonds. The molecule has 7 nitrogen and oxygen atoms in total. The van der Waals surface area contributed by atoms with E-state index in [0.717, 1.165) is 38.2 Å². The highest BCUT2D eigenvalue weighted by molar-refractivity contribution is 7.86. The minimum atomic E-state index is -3.72. The zero-order valence-corrected chi connectivity index (χ0v) is 18.5. The van der Waals surface area contributed by atoms with Gasteiger partial charge in [0.15, 0.2) is 0 Å².